The maximum absolute atomic E-state index is 13.7. The first-order valence-electron chi connectivity index (χ1n) is 6.45. The second kappa shape index (κ2) is 7.31. The third-order valence-corrected chi connectivity index (χ3v) is 4.37. The Hall–Kier alpha value is -1.76. The van der Waals surface area contributed by atoms with Crippen molar-refractivity contribution in [1.82, 2.24) is 5.32 Å². The van der Waals surface area contributed by atoms with Crippen LogP contribution >= 0.6 is 0 Å². The van der Waals surface area contributed by atoms with E-state index in [-0.39, 0.29) is 16.4 Å². The number of hydrogen-bond donors (Lipinski definition) is 2. The van der Waals surface area contributed by atoms with Crippen molar-refractivity contribution in [3.05, 3.63) is 29.6 Å². The van der Waals surface area contributed by atoms with Crippen LogP contribution in [0.5, 0.6) is 0 Å². The number of benzene rings is 1. The van der Waals surface area contributed by atoms with Crippen LogP contribution in [0.3, 0.4) is 0 Å². The van der Waals surface area contributed by atoms with Gasteiger partial charge >= 0.3 is 5.97 Å². The van der Waals surface area contributed by atoms with Crippen LogP contribution in [0.2, 0.25) is 0 Å². The highest BCUT2D eigenvalue weighted by molar-refractivity contribution is 7.86. The fourth-order valence-electron chi connectivity index (χ4n) is 1.53. The van der Waals surface area contributed by atoms with E-state index in [1.807, 2.05) is 13.8 Å². The number of aromatic carboxylic acids is 1. The number of hydrogen-bond acceptors (Lipinski definition) is 3. The minimum atomic E-state index is -1.96. The molecule has 0 aliphatic carbocycles. The predicted molar refractivity (Wildman–Crippen MR) is 77.1 cm³/mol. The zero-order chi connectivity index (χ0) is 16.2. The van der Waals surface area contributed by atoms with Gasteiger partial charge in [-0.3, -0.25) is 9.00 Å². The van der Waals surface area contributed by atoms with Gasteiger partial charge in [-0.15, -0.1) is 0 Å². The zero-order valence-electron chi connectivity index (χ0n) is 12.1. The number of carbonyl (C=O) groups excluding carboxylic acids is 1. The van der Waals surface area contributed by atoms with E-state index in [1.54, 1.807) is 0 Å². The van der Waals surface area contributed by atoms with Crippen molar-refractivity contribution < 1.29 is 23.3 Å². The molecule has 1 amide bonds. The zero-order valence-corrected chi connectivity index (χ0v) is 12.9. The van der Waals surface area contributed by atoms with Gasteiger partial charge in [0, 0.05) is 6.54 Å². The summed E-state index contributed by atoms with van der Waals surface area (Å²) >= 11 is 0. The first kappa shape index (κ1) is 17.3. The summed E-state index contributed by atoms with van der Waals surface area (Å²) in [6.07, 6.45) is 0. The van der Waals surface area contributed by atoms with E-state index in [1.165, 1.54) is 6.92 Å². The number of rotatable bonds is 6. The second-order valence-corrected chi connectivity index (χ2v) is 6.77. The Labute approximate surface area is 125 Å². The first-order valence-corrected chi connectivity index (χ1v) is 7.66. The molecule has 116 valence electrons. The lowest BCUT2D eigenvalue weighted by molar-refractivity contribution is -0.120. The van der Waals surface area contributed by atoms with E-state index in [0.29, 0.717) is 6.54 Å². The topological polar surface area (TPSA) is 83.5 Å². The molecule has 0 spiro atoms. The number of carboxylic acids is 1. The summed E-state index contributed by atoms with van der Waals surface area (Å²) in [5.41, 5.74) is -0.172. The lowest BCUT2D eigenvalue weighted by Crippen LogP contribution is -2.37. The van der Waals surface area contributed by atoms with Gasteiger partial charge in [0.2, 0.25) is 5.91 Å². The van der Waals surface area contributed by atoms with E-state index in [4.69, 9.17) is 5.11 Å². The highest BCUT2D eigenvalue weighted by Gasteiger charge is 2.24. The number of halogens is 1. The molecule has 1 rings (SSSR count). The van der Waals surface area contributed by atoms with Crippen LogP contribution in [-0.2, 0) is 15.6 Å². The summed E-state index contributed by atoms with van der Waals surface area (Å²) in [5, 5.41) is 10.5. The first-order chi connectivity index (χ1) is 9.73. The molecule has 7 heteroatoms. The molecule has 0 saturated heterocycles. The van der Waals surface area contributed by atoms with Crippen molar-refractivity contribution in [2.75, 3.05) is 6.54 Å². The third kappa shape index (κ3) is 4.63. The number of carbonyl (C=O) groups is 2. The minimum Gasteiger partial charge on any atom is -0.478 e. The van der Waals surface area contributed by atoms with E-state index in [9.17, 15) is 18.2 Å². The molecule has 0 saturated carbocycles. The fourth-order valence-corrected chi connectivity index (χ4v) is 2.69. The number of nitrogens with one attached hydrogen (secondary N) is 1. The Morgan fingerprint density at radius 2 is 1.95 bits per heavy atom. The van der Waals surface area contributed by atoms with Gasteiger partial charge in [0.05, 0.1) is 21.3 Å². The molecule has 1 aromatic carbocycles. The van der Waals surface area contributed by atoms with Gasteiger partial charge in [0.1, 0.15) is 11.1 Å². The normalized spacial score (nSPS) is 13.8. The van der Waals surface area contributed by atoms with Crippen LogP contribution in [0.15, 0.2) is 23.1 Å². The molecule has 0 aromatic heterocycles. The second-order valence-electron chi connectivity index (χ2n) is 5.03. The minimum absolute atomic E-state index is 0.172. The highest BCUT2D eigenvalue weighted by atomic mass is 32.2. The summed E-state index contributed by atoms with van der Waals surface area (Å²) in [5.74, 6) is -2.25. The smallest absolute Gasteiger partial charge is 0.335 e. The molecular weight excluding hydrogens is 297 g/mol. The SMILES string of the molecule is CC(C)CNC(=O)C(C)S(=O)c1cc(C(=O)O)ccc1F. The van der Waals surface area contributed by atoms with Gasteiger partial charge < -0.3 is 10.4 Å². The van der Waals surface area contributed by atoms with Crippen molar-refractivity contribution in [2.45, 2.75) is 30.9 Å². The molecule has 0 radical (unpaired) electrons. The van der Waals surface area contributed by atoms with Gasteiger partial charge in [-0.1, -0.05) is 13.8 Å². The van der Waals surface area contributed by atoms with E-state index < -0.39 is 33.7 Å². The van der Waals surface area contributed by atoms with Crippen LogP contribution < -0.4 is 5.32 Å². The Morgan fingerprint density at radius 1 is 1.33 bits per heavy atom. The molecular formula is C14H18FNO4S. The van der Waals surface area contributed by atoms with Gasteiger partial charge in [0.25, 0.3) is 0 Å². The average Bonchev–Trinajstić information content (AvgIpc) is 2.43. The highest BCUT2D eigenvalue weighted by Crippen LogP contribution is 2.18. The lowest BCUT2D eigenvalue weighted by Gasteiger charge is -2.14. The van der Waals surface area contributed by atoms with E-state index in [0.717, 1.165) is 18.2 Å². The molecule has 5 nitrogen and oxygen atoms in total. The maximum Gasteiger partial charge on any atom is 0.335 e. The van der Waals surface area contributed by atoms with Crippen molar-refractivity contribution in [2.24, 2.45) is 5.92 Å². The Kier molecular flexibility index (Phi) is 6.02. The van der Waals surface area contributed by atoms with Crippen molar-refractivity contribution in [3.63, 3.8) is 0 Å². The summed E-state index contributed by atoms with van der Waals surface area (Å²) in [7, 11) is -1.96. The number of amides is 1. The maximum atomic E-state index is 13.7. The van der Waals surface area contributed by atoms with Crippen molar-refractivity contribution in [1.29, 1.82) is 0 Å². The molecule has 0 bridgehead atoms. The molecule has 1 aromatic rings. The van der Waals surface area contributed by atoms with Crippen molar-refractivity contribution in [3.8, 4) is 0 Å². The van der Waals surface area contributed by atoms with Crippen LogP contribution in [0, 0.1) is 11.7 Å². The molecule has 2 unspecified atom stereocenters. The summed E-state index contributed by atoms with van der Waals surface area (Å²) in [6.45, 7) is 5.67. The van der Waals surface area contributed by atoms with Gasteiger partial charge in [0.15, 0.2) is 0 Å². The Bertz CT molecular complexity index is 574. The van der Waals surface area contributed by atoms with Crippen LogP contribution in [0.25, 0.3) is 0 Å². The third-order valence-electron chi connectivity index (χ3n) is 2.77. The standard InChI is InChI=1S/C14H18FNO4S/c1-8(2)7-16-13(17)9(3)21(20)12-6-10(14(18)19)4-5-11(12)15/h4-6,8-9H,7H2,1-3H3,(H,16,17)(H,18,19). The molecule has 0 aliphatic heterocycles. The molecule has 0 fully saturated rings. The molecule has 0 heterocycles. The predicted octanol–water partition coefficient (Wildman–Crippen LogP) is 1.79. The largest absolute Gasteiger partial charge is 0.478 e. The molecule has 0 aliphatic rings. The quantitative estimate of drug-likeness (QED) is 0.838. The van der Waals surface area contributed by atoms with Gasteiger partial charge in [-0.05, 0) is 31.0 Å². The van der Waals surface area contributed by atoms with Gasteiger partial charge in [-0.2, -0.15) is 0 Å². The Balaban J connectivity index is 2.94. The Morgan fingerprint density at radius 3 is 2.48 bits per heavy atom. The fraction of sp³-hybridized carbons (Fsp3) is 0.429. The van der Waals surface area contributed by atoms with Crippen LogP contribution in [-0.4, -0.2) is 33.0 Å². The van der Waals surface area contributed by atoms with Gasteiger partial charge in [-0.25, -0.2) is 9.18 Å². The van der Waals surface area contributed by atoms with E-state index >= 15 is 0 Å². The average molecular weight is 315 g/mol. The van der Waals surface area contributed by atoms with E-state index in [2.05, 4.69) is 5.32 Å². The van der Waals surface area contributed by atoms with Crippen molar-refractivity contribution >= 4 is 22.7 Å². The van der Waals surface area contributed by atoms with Crippen LogP contribution in [0.4, 0.5) is 4.39 Å². The monoisotopic (exact) mass is 315 g/mol. The number of carboxylic acid groups (broad SMARTS) is 1. The van der Waals surface area contributed by atoms with Crippen LogP contribution in [0.1, 0.15) is 31.1 Å². The lowest BCUT2D eigenvalue weighted by atomic mass is 10.2. The summed E-state index contributed by atoms with van der Waals surface area (Å²) in [4.78, 5) is 22.4. The molecule has 2 N–H and O–H groups in total. The summed E-state index contributed by atoms with van der Waals surface area (Å²) in [6, 6.07) is 3.03. The molecule has 21 heavy (non-hydrogen) atoms. The summed E-state index contributed by atoms with van der Waals surface area (Å²) < 4.78 is 25.9. The molecule has 2 atom stereocenters.